The van der Waals surface area contributed by atoms with Gasteiger partial charge in [0.25, 0.3) is 0 Å². The summed E-state index contributed by atoms with van der Waals surface area (Å²) in [6, 6.07) is 9.68. The average Bonchev–Trinajstić information content (AvgIpc) is 2.43. The van der Waals surface area contributed by atoms with Crippen LogP contribution in [0.15, 0.2) is 40.9 Å². The number of benzene rings is 2. The quantitative estimate of drug-likeness (QED) is 0.782. The second-order valence-corrected chi connectivity index (χ2v) is 5.33. The Morgan fingerprint density at radius 1 is 1.33 bits per heavy atom. The minimum absolute atomic E-state index is 0.117. The lowest BCUT2D eigenvalue weighted by Gasteiger charge is -2.11. The standard InChI is InChI=1S/C15H14BrFN2O2/c1-9(20)19-14-7-11(5-6-13(14)17)18-8-10-3-2-4-12(16)15(10)21/h2-7,18,21H,8H2,1H3,(H,19,20). The van der Waals surface area contributed by atoms with Gasteiger partial charge in [0.05, 0.1) is 10.2 Å². The Kier molecular flexibility index (Phi) is 4.80. The number of rotatable bonds is 4. The molecule has 2 aromatic carbocycles. The van der Waals surface area contributed by atoms with E-state index in [9.17, 15) is 14.3 Å². The van der Waals surface area contributed by atoms with Crippen molar-refractivity contribution in [2.75, 3.05) is 10.6 Å². The summed E-state index contributed by atoms with van der Waals surface area (Å²) in [5.41, 5.74) is 1.46. The summed E-state index contributed by atoms with van der Waals surface area (Å²) >= 11 is 3.25. The summed E-state index contributed by atoms with van der Waals surface area (Å²) in [6.45, 7) is 1.69. The molecule has 0 atom stereocenters. The Morgan fingerprint density at radius 3 is 2.81 bits per heavy atom. The highest BCUT2D eigenvalue weighted by molar-refractivity contribution is 9.10. The molecule has 3 N–H and O–H groups in total. The third kappa shape index (κ3) is 3.95. The molecule has 0 spiro atoms. The van der Waals surface area contributed by atoms with Crippen LogP contribution in [0.4, 0.5) is 15.8 Å². The van der Waals surface area contributed by atoms with Gasteiger partial charge in [-0.1, -0.05) is 12.1 Å². The maximum atomic E-state index is 13.5. The fourth-order valence-corrected chi connectivity index (χ4v) is 2.23. The van der Waals surface area contributed by atoms with E-state index in [4.69, 9.17) is 0 Å². The molecule has 0 bridgehead atoms. The second-order valence-electron chi connectivity index (χ2n) is 4.48. The molecule has 0 fully saturated rings. The molecule has 0 saturated carbocycles. The molecule has 0 aliphatic heterocycles. The van der Waals surface area contributed by atoms with Crippen LogP contribution in [-0.4, -0.2) is 11.0 Å². The van der Waals surface area contributed by atoms with Crippen LogP contribution in [0.2, 0.25) is 0 Å². The molecule has 2 rings (SSSR count). The first-order chi connectivity index (χ1) is 9.97. The second kappa shape index (κ2) is 6.58. The van der Waals surface area contributed by atoms with E-state index >= 15 is 0 Å². The van der Waals surface area contributed by atoms with Gasteiger partial charge < -0.3 is 15.7 Å². The largest absolute Gasteiger partial charge is 0.506 e. The number of nitrogens with one attached hydrogen (secondary N) is 2. The topological polar surface area (TPSA) is 61.4 Å². The molecule has 0 aromatic heterocycles. The van der Waals surface area contributed by atoms with E-state index in [0.717, 1.165) is 0 Å². The lowest BCUT2D eigenvalue weighted by Crippen LogP contribution is -2.08. The van der Waals surface area contributed by atoms with Crippen LogP contribution in [0.25, 0.3) is 0 Å². The van der Waals surface area contributed by atoms with Crippen LogP contribution in [0.1, 0.15) is 12.5 Å². The maximum Gasteiger partial charge on any atom is 0.221 e. The van der Waals surface area contributed by atoms with Crippen LogP contribution in [-0.2, 0) is 11.3 Å². The summed E-state index contributed by atoms with van der Waals surface area (Å²) < 4.78 is 14.1. The third-order valence-electron chi connectivity index (χ3n) is 2.83. The first kappa shape index (κ1) is 15.3. The Morgan fingerprint density at radius 2 is 2.10 bits per heavy atom. The van der Waals surface area contributed by atoms with Crippen LogP contribution in [0, 0.1) is 5.82 Å². The van der Waals surface area contributed by atoms with Gasteiger partial charge in [-0.3, -0.25) is 4.79 Å². The molecule has 2 aromatic rings. The summed E-state index contributed by atoms with van der Waals surface area (Å²) in [5, 5.41) is 15.4. The highest BCUT2D eigenvalue weighted by atomic mass is 79.9. The molecule has 0 aliphatic rings. The van der Waals surface area contributed by atoms with Gasteiger partial charge in [-0.25, -0.2) is 4.39 Å². The molecule has 110 valence electrons. The lowest BCUT2D eigenvalue weighted by atomic mass is 10.2. The molecule has 0 radical (unpaired) electrons. The van der Waals surface area contributed by atoms with Crippen LogP contribution in [0.3, 0.4) is 0 Å². The van der Waals surface area contributed by atoms with Crippen molar-refractivity contribution in [2.24, 2.45) is 0 Å². The summed E-state index contributed by atoms with van der Waals surface area (Å²) in [6.07, 6.45) is 0. The smallest absolute Gasteiger partial charge is 0.221 e. The number of anilines is 2. The predicted octanol–water partition coefficient (Wildman–Crippen LogP) is 3.86. The zero-order valence-corrected chi connectivity index (χ0v) is 12.9. The lowest BCUT2D eigenvalue weighted by molar-refractivity contribution is -0.114. The minimum Gasteiger partial charge on any atom is -0.506 e. The van der Waals surface area contributed by atoms with Crippen molar-refractivity contribution < 1.29 is 14.3 Å². The molecule has 0 aliphatic carbocycles. The molecule has 1 amide bonds. The molecule has 0 saturated heterocycles. The molecular weight excluding hydrogens is 339 g/mol. The Bertz CT molecular complexity index is 677. The Hall–Kier alpha value is -2.08. The molecule has 0 heterocycles. The van der Waals surface area contributed by atoms with Gasteiger partial charge in [-0.05, 0) is 40.2 Å². The SMILES string of the molecule is CC(=O)Nc1cc(NCc2cccc(Br)c2O)ccc1F. The number of carbonyl (C=O) groups is 1. The highest BCUT2D eigenvalue weighted by Crippen LogP contribution is 2.28. The number of amides is 1. The summed E-state index contributed by atoms with van der Waals surface area (Å²) in [4.78, 5) is 11.0. The van der Waals surface area contributed by atoms with Crippen LogP contribution in [0.5, 0.6) is 5.75 Å². The van der Waals surface area contributed by atoms with Crippen molar-refractivity contribution in [3.8, 4) is 5.75 Å². The van der Waals surface area contributed by atoms with Gasteiger partial charge in [0.1, 0.15) is 11.6 Å². The van der Waals surface area contributed by atoms with Gasteiger partial charge >= 0.3 is 0 Å². The van der Waals surface area contributed by atoms with Crippen molar-refractivity contribution >= 4 is 33.2 Å². The van der Waals surface area contributed by atoms with Crippen molar-refractivity contribution in [2.45, 2.75) is 13.5 Å². The van der Waals surface area contributed by atoms with Gasteiger partial charge in [-0.2, -0.15) is 0 Å². The van der Waals surface area contributed by atoms with Crippen molar-refractivity contribution in [3.63, 3.8) is 0 Å². The van der Waals surface area contributed by atoms with Crippen LogP contribution < -0.4 is 10.6 Å². The van der Waals surface area contributed by atoms with Crippen molar-refractivity contribution in [1.82, 2.24) is 0 Å². The summed E-state index contributed by atoms with van der Waals surface area (Å²) in [5.74, 6) is -0.675. The fourth-order valence-electron chi connectivity index (χ4n) is 1.82. The average molecular weight is 353 g/mol. The molecule has 4 nitrogen and oxygen atoms in total. The maximum absolute atomic E-state index is 13.5. The van der Waals surface area contributed by atoms with Gasteiger partial charge in [0.2, 0.25) is 5.91 Å². The van der Waals surface area contributed by atoms with Crippen molar-refractivity contribution in [1.29, 1.82) is 0 Å². The van der Waals surface area contributed by atoms with E-state index in [0.29, 0.717) is 22.3 Å². The van der Waals surface area contributed by atoms with E-state index in [1.54, 1.807) is 18.2 Å². The molecular formula is C15H14BrFN2O2. The monoisotopic (exact) mass is 352 g/mol. The van der Waals surface area contributed by atoms with Gasteiger partial charge in [0, 0.05) is 24.7 Å². The summed E-state index contributed by atoms with van der Waals surface area (Å²) in [7, 11) is 0. The van der Waals surface area contributed by atoms with Gasteiger partial charge in [-0.15, -0.1) is 0 Å². The van der Waals surface area contributed by atoms with Crippen LogP contribution >= 0.6 is 15.9 Å². The van der Waals surface area contributed by atoms with Gasteiger partial charge in [0.15, 0.2) is 0 Å². The molecule has 6 heteroatoms. The minimum atomic E-state index is -0.499. The van der Waals surface area contributed by atoms with E-state index in [1.165, 1.54) is 19.1 Å². The number of phenols is 1. The van der Waals surface area contributed by atoms with E-state index in [-0.39, 0.29) is 17.3 Å². The van der Waals surface area contributed by atoms with E-state index in [2.05, 4.69) is 26.6 Å². The fraction of sp³-hybridized carbons (Fsp3) is 0.133. The zero-order chi connectivity index (χ0) is 15.4. The molecule has 0 unspecified atom stereocenters. The Labute approximate surface area is 130 Å². The first-order valence-electron chi connectivity index (χ1n) is 6.24. The number of carbonyl (C=O) groups excluding carboxylic acids is 1. The third-order valence-corrected chi connectivity index (χ3v) is 3.47. The van der Waals surface area contributed by atoms with E-state index in [1.807, 2.05) is 6.07 Å². The zero-order valence-electron chi connectivity index (χ0n) is 11.3. The highest BCUT2D eigenvalue weighted by Gasteiger charge is 2.07. The number of phenolic OH excluding ortho intramolecular Hbond substituents is 1. The number of hydrogen-bond acceptors (Lipinski definition) is 3. The number of para-hydroxylation sites is 1. The van der Waals surface area contributed by atoms with Crippen molar-refractivity contribution in [3.05, 3.63) is 52.3 Å². The number of hydrogen-bond donors (Lipinski definition) is 3. The molecule has 21 heavy (non-hydrogen) atoms. The normalized spacial score (nSPS) is 10.2. The first-order valence-corrected chi connectivity index (χ1v) is 7.04. The number of halogens is 2. The number of aromatic hydroxyl groups is 1. The van der Waals surface area contributed by atoms with E-state index < -0.39 is 5.82 Å². The Balaban J connectivity index is 2.13. The predicted molar refractivity (Wildman–Crippen MR) is 83.8 cm³/mol.